The van der Waals surface area contributed by atoms with E-state index in [1.165, 1.54) is 0 Å². The van der Waals surface area contributed by atoms with Crippen LogP contribution in [0, 0.1) is 0 Å². The van der Waals surface area contributed by atoms with Crippen molar-refractivity contribution in [1.29, 1.82) is 0 Å². The molecule has 21 heavy (non-hydrogen) atoms. The molecular weight excluding hydrogens is 334 g/mol. The van der Waals surface area contributed by atoms with Crippen molar-refractivity contribution >= 4 is 33.2 Å². The van der Waals surface area contributed by atoms with Gasteiger partial charge in [0.25, 0.3) is 5.91 Å². The Morgan fingerprint density at radius 1 is 1.19 bits per heavy atom. The van der Waals surface area contributed by atoms with Crippen LogP contribution in [0.5, 0.6) is 5.75 Å². The van der Waals surface area contributed by atoms with Gasteiger partial charge in [0.15, 0.2) is 0 Å². The van der Waals surface area contributed by atoms with Crippen molar-refractivity contribution in [3.05, 3.63) is 52.5 Å². The lowest BCUT2D eigenvalue weighted by Crippen LogP contribution is -2.13. The quantitative estimate of drug-likeness (QED) is 0.747. The number of primary amides is 1. The average molecular weight is 350 g/mol. The second kappa shape index (κ2) is 7.10. The van der Waals surface area contributed by atoms with Gasteiger partial charge in [-0.25, -0.2) is 0 Å². The van der Waals surface area contributed by atoms with Crippen LogP contribution in [0.25, 0.3) is 0 Å². The number of hydrogen-bond donors (Lipinski definition) is 3. The van der Waals surface area contributed by atoms with Crippen molar-refractivity contribution in [3.63, 3.8) is 0 Å². The maximum Gasteiger partial charge on any atom is 0.250 e. The molecule has 0 aliphatic carbocycles. The molecule has 0 radical (unpaired) electrons. The van der Waals surface area contributed by atoms with Crippen LogP contribution in [0.15, 0.2) is 46.9 Å². The summed E-state index contributed by atoms with van der Waals surface area (Å²) in [5.74, 6) is 0.267. The predicted molar refractivity (Wildman–Crippen MR) is 86.9 cm³/mol. The summed E-state index contributed by atoms with van der Waals surface area (Å²) in [5.41, 5.74) is 12.7. The number of halogens is 1. The Labute approximate surface area is 131 Å². The summed E-state index contributed by atoms with van der Waals surface area (Å²) in [4.78, 5) is 11.4. The topological polar surface area (TPSA) is 90.4 Å². The van der Waals surface area contributed by atoms with E-state index < -0.39 is 5.91 Å². The molecule has 0 atom stereocenters. The van der Waals surface area contributed by atoms with E-state index in [0.717, 1.165) is 15.9 Å². The highest BCUT2D eigenvalue weighted by Crippen LogP contribution is 2.26. The maximum atomic E-state index is 11.4. The van der Waals surface area contributed by atoms with Gasteiger partial charge in [-0.3, -0.25) is 4.79 Å². The number of hydrogen-bond acceptors (Lipinski definition) is 4. The summed E-state index contributed by atoms with van der Waals surface area (Å²) < 4.78 is 6.27. The highest BCUT2D eigenvalue weighted by molar-refractivity contribution is 9.10. The van der Waals surface area contributed by atoms with Gasteiger partial charge in [-0.15, -0.1) is 0 Å². The summed E-state index contributed by atoms with van der Waals surface area (Å²) >= 11 is 3.37. The van der Waals surface area contributed by atoms with E-state index in [1.807, 2.05) is 24.3 Å². The Balaban J connectivity index is 2.18. The zero-order valence-electron chi connectivity index (χ0n) is 11.3. The van der Waals surface area contributed by atoms with Crippen LogP contribution in [-0.2, 0) is 0 Å². The number of nitrogens with two attached hydrogens (primary N) is 2. The summed E-state index contributed by atoms with van der Waals surface area (Å²) in [6, 6.07) is 12.6. The van der Waals surface area contributed by atoms with Crippen LogP contribution in [0.4, 0.5) is 11.4 Å². The van der Waals surface area contributed by atoms with E-state index in [1.54, 1.807) is 18.2 Å². The van der Waals surface area contributed by atoms with Gasteiger partial charge in [0.1, 0.15) is 12.4 Å². The molecule has 5 N–H and O–H groups in total. The van der Waals surface area contributed by atoms with Crippen LogP contribution >= 0.6 is 15.9 Å². The third-order valence-corrected chi connectivity index (χ3v) is 3.26. The van der Waals surface area contributed by atoms with E-state index in [0.29, 0.717) is 24.4 Å². The van der Waals surface area contributed by atoms with Crippen LogP contribution in [0.1, 0.15) is 10.4 Å². The third kappa shape index (κ3) is 4.21. The molecule has 5 nitrogen and oxygen atoms in total. The molecule has 0 aliphatic heterocycles. The lowest BCUT2D eigenvalue weighted by atomic mass is 10.1. The second-order valence-corrected chi connectivity index (χ2v) is 5.26. The first-order chi connectivity index (χ1) is 10.1. The summed E-state index contributed by atoms with van der Waals surface area (Å²) in [5, 5.41) is 3.17. The fourth-order valence-corrected chi connectivity index (χ4v) is 2.16. The van der Waals surface area contributed by atoms with Crippen LogP contribution < -0.4 is 21.5 Å². The van der Waals surface area contributed by atoms with E-state index in [2.05, 4.69) is 21.2 Å². The number of carbonyl (C=O) groups is 1. The molecule has 1 amide bonds. The lowest BCUT2D eigenvalue weighted by molar-refractivity contribution is 0.100. The van der Waals surface area contributed by atoms with Crippen molar-refractivity contribution in [2.75, 3.05) is 18.5 Å². The zero-order chi connectivity index (χ0) is 15.2. The fourth-order valence-electron chi connectivity index (χ4n) is 1.80. The molecule has 0 fully saturated rings. The summed E-state index contributed by atoms with van der Waals surface area (Å²) in [7, 11) is 0. The standard InChI is InChI=1S/C15H16BrN3O2/c16-10-1-6-13(15(18)20)14(9-10)19-11-2-4-12(5-3-11)21-8-7-17/h1-6,9,19H,7-8,17H2,(H2,18,20). The molecule has 2 rings (SSSR count). The van der Waals surface area contributed by atoms with E-state index in [9.17, 15) is 4.79 Å². The largest absolute Gasteiger partial charge is 0.492 e. The van der Waals surface area contributed by atoms with Crippen molar-refractivity contribution in [2.45, 2.75) is 0 Å². The number of anilines is 2. The zero-order valence-corrected chi connectivity index (χ0v) is 12.9. The van der Waals surface area contributed by atoms with E-state index in [4.69, 9.17) is 16.2 Å². The second-order valence-electron chi connectivity index (χ2n) is 4.34. The Bertz CT molecular complexity index is 629. The molecule has 0 saturated heterocycles. The Morgan fingerprint density at radius 2 is 1.90 bits per heavy atom. The number of benzene rings is 2. The molecule has 0 bridgehead atoms. The first-order valence-electron chi connectivity index (χ1n) is 6.39. The van der Waals surface area contributed by atoms with Gasteiger partial charge in [0.05, 0.1) is 11.3 Å². The van der Waals surface area contributed by atoms with Crippen molar-refractivity contribution < 1.29 is 9.53 Å². The van der Waals surface area contributed by atoms with Crippen LogP contribution in [0.2, 0.25) is 0 Å². The van der Waals surface area contributed by atoms with Gasteiger partial charge < -0.3 is 21.5 Å². The maximum absolute atomic E-state index is 11.4. The normalized spacial score (nSPS) is 10.2. The monoisotopic (exact) mass is 349 g/mol. The SMILES string of the molecule is NCCOc1ccc(Nc2cc(Br)ccc2C(N)=O)cc1. The number of carbonyl (C=O) groups excluding carboxylic acids is 1. The van der Waals surface area contributed by atoms with Crippen molar-refractivity contribution in [3.8, 4) is 5.75 Å². The van der Waals surface area contributed by atoms with Crippen molar-refractivity contribution in [2.24, 2.45) is 11.5 Å². The van der Waals surface area contributed by atoms with E-state index in [-0.39, 0.29) is 0 Å². The molecule has 0 aliphatic rings. The van der Waals surface area contributed by atoms with Crippen LogP contribution in [0.3, 0.4) is 0 Å². The Hall–Kier alpha value is -2.05. The van der Waals surface area contributed by atoms with E-state index >= 15 is 0 Å². The molecule has 0 unspecified atom stereocenters. The predicted octanol–water partition coefficient (Wildman–Crippen LogP) is 2.63. The number of ether oxygens (including phenoxy) is 1. The molecule has 6 heteroatoms. The highest BCUT2D eigenvalue weighted by atomic mass is 79.9. The van der Waals surface area contributed by atoms with Crippen LogP contribution in [-0.4, -0.2) is 19.1 Å². The third-order valence-electron chi connectivity index (χ3n) is 2.77. The number of nitrogens with one attached hydrogen (secondary N) is 1. The Kier molecular flexibility index (Phi) is 5.19. The number of amides is 1. The molecular formula is C15H16BrN3O2. The van der Waals surface area contributed by atoms with Gasteiger partial charge in [-0.2, -0.15) is 0 Å². The highest BCUT2D eigenvalue weighted by Gasteiger charge is 2.09. The summed E-state index contributed by atoms with van der Waals surface area (Å²) in [6.07, 6.45) is 0. The summed E-state index contributed by atoms with van der Waals surface area (Å²) in [6.45, 7) is 0.949. The van der Waals surface area contributed by atoms with Crippen molar-refractivity contribution in [1.82, 2.24) is 0 Å². The average Bonchev–Trinajstić information content (AvgIpc) is 2.46. The lowest BCUT2D eigenvalue weighted by Gasteiger charge is -2.11. The van der Waals surface area contributed by atoms with Gasteiger partial charge in [0, 0.05) is 16.7 Å². The first-order valence-corrected chi connectivity index (χ1v) is 7.19. The Morgan fingerprint density at radius 3 is 2.52 bits per heavy atom. The molecule has 0 saturated carbocycles. The van der Waals surface area contributed by atoms with Gasteiger partial charge in [0.2, 0.25) is 0 Å². The van der Waals surface area contributed by atoms with Gasteiger partial charge in [-0.05, 0) is 42.5 Å². The minimum absolute atomic E-state index is 0.432. The molecule has 0 aromatic heterocycles. The minimum atomic E-state index is -0.479. The molecule has 2 aromatic carbocycles. The fraction of sp³-hybridized carbons (Fsp3) is 0.133. The smallest absolute Gasteiger partial charge is 0.250 e. The number of rotatable bonds is 6. The first kappa shape index (κ1) is 15.3. The molecule has 0 heterocycles. The van der Waals surface area contributed by atoms with Gasteiger partial charge >= 0.3 is 0 Å². The minimum Gasteiger partial charge on any atom is -0.492 e. The molecule has 0 spiro atoms. The molecule has 110 valence electrons. The van der Waals surface area contributed by atoms with Gasteiger partial charge in [-0.1, -0.05) is 15.9 Å². The molecule has 2 aromatic rings.